The van der Waals surface area contributed by atoms with Crippen LogP contribution in [0.25, 0.3) is 17.0 Å². The van der Waals surface area contributed by atoms with Gasteiger partial charge in [-0.1, -0.05) is 55.5 Å². The number of carbonyl (C=O) groups excluding carboxylic acids is 1. The lowest BCUT2D eigenvalue weighted by atomic mass is 10.1. The van der Waals surface area contributed by atoms with E-state index in [2.05, 4.69) is 24.0 Å². The van der Waals surface area contributed by atoms with Crippen LogP contribution in [0.4, 0.5) is 5.82 Å². The fourth-order valence-corrected chi connectivity index (χ4v) is 4.71. The Kier molecular flexibility index (Phi) is 5.94. The van der Waals surface area contributed by atoms with Crippen LogP contribution in [-0.4, -0.2) is 53.0 Å². The van der Waals surface area contributed by atoms with Crippen LogP contribution in [0.2, 0.25) is 0 Å². The lowest BCUT2D eigenvalue weighted by Gasteiger charge is -2.29. The molecule has 0 N–H and O–H groups in total. The van der Waals surface area contributed by atoms with Crippen LogP contribution >= 0.6 is 24.0 Å². The van der Waals surface area contributed by atoms with Gasteiger partial charge in [-0.2, -0.15) is 0 Å². The molecule has 4 rings (SSSR count). The molecule has 0 spiro atoms. The summed E-state index contributed by atoms with van der Waals surface area (Å²) in [6.45, 7) is 5.76. The van der Waals surface area contributed by atoms with Gasteiger partial charge in [0.15, 0.2) is 0 Å². The second-order valence-electron chi connectivity index (χ2n) is 6.88. The summed E-state index contributed by atoms with van der Waals surface area (Å²) < 4.78 is 6.14. The number of carbonyl (C=O) groups is 1. The molecule has 1 aromatic heterocycles. The van der Waals surface area contributed by atoms with E-state index < -0.39 is 0 Å². The van der Waals surface area contributed by atoms with Crippen LogP contribution in [0.1, 0.15) is 25.3 Å². The van der Waals surface area contributed by atoms with Crippen LogP contribution in [0.15, 0.2) is 35.2 Å². The van der Waals surface area contributed by atoms with E-state index in [1.807, 2.05) is 24.3 Å². The van der Waals surface area contributed by atoms with Gasteiger partial charge in [0.2, 0.25) is 0 Å². The third kappa shape index (κ3) is 3.92. The van der Waals surface area contributed by atoms with Crippen LogP contribution in [0, 0.1) is 0 Å². The molecule has 2 fully saturated rings. The highest BCUT2D eigenvalue weighted by Gasteiger charge is 2.32. The zero-order valence-corrected chi connectivity index (χ0v) is 17.5. The summed E-state index contributed by atoms with van der Waals surface area (Å²) in [5, 5.41) is 1.06. The number of hydrogen-bond donors (Lipinski definition) is 0. The highest BCUT2D eigenvalue weighted by Crippen LogP contribution is 2.35. The average molecular weight is 414 g/mol. The smallest absolute Gasteiger partial charge is 0.266 e. The first-order valence-electron chi connectivity index (χ1n) is 9.65. The van der Waals surface area contributed by atoms with Crippen LogP contribution in [0.3, 0.4) is 0 Å². The van der Waals surface area contributed by atoms with Crippen LogP contribution in [-0.2, 0) is 9.53 Å². The highest BCUT2D eigenvalue weighted by atomic mass is 32.2. The topological polar surface area (TPSA) is 45.7 Å². The molecule has 2 saturated heterocycles. The number of benzene rings is 1. The molecule has 0 saturated carbocycles. The largest absolute Gasteiger partial charge is 0.378 e. The number of hydrogen-bond acceptors (Lipinski definition) is 6. The molecule has 3 heterocycles. The van der Waals surface area contributed by atoms with Crippen molar-refractivity contribution in [3.8, 4) is 0 Å². The van der Waals surface area contributed by atoms with Gasteiger partial charge >= 0.3 is 0 Å². The Balaban J connectivity index is 1.73. The number of rotatable bonds is 5. The number of ether oxygens (including phenoxy) is 1. The van der Waals surface area contributed by atoms with Crippen molar-refractivity contribution in [3.63, 3.8) is 0 Å². The molecule has 0 unspecified atom stereocenters. The summed E-state index contributed by atoms with van der Waals surface area (Å²) in [7, 11) is 0. The summed E-state index contributed by atoms with van der Waals surface area (Å²) in [5.41, 5.74) is 1.91. The SMILES string of the molecule is CCCCN1C(=O)/C(=C/c2cc3ccccc3nc2N2CCOCC2)SC1=S. The number of thioether (sulfide) groups is 1. The fourth-order valence-electron chi connectivity index (χ4n) is 3.41. The molecule has 2 aliphatic heterocycles. The van der Waals surface area contributed by atoms with E-state index in [-0.39, 0.29) is 5.91 Å². The standard InChI is InChI=1S/C21H23N3O2S2/c1-2-3-8-24-20(25)18(28-21(24)27)14-16-13-15-6-4-5-7-17(15)22-19(16)23-9-11-26-12-10-23/h4-7,13-14H,2-3,8-12H2,1H3/b18-14-. The van der Waals surface area contributed by atoms with E-state index in [1.165, 1.54) is 11.8 Å². The van der Waals surface area contributed by atoms with Gasteiger partial charge in [0, 0.05) is 30.6 Å². The van der Waals surface area contributed by atoms with Gasteiger partial charge < -0.3 is 9.64 Å². The van der Waals surface area contributed by atoms with Gasteiger partial charge in [0.05, 0.1) is 23.6 Å². The van der Waals surface area contributed by atoms with E-state index >= 15 is 0 Å². The van der Waals surface area contributed by atoms with Gasteiger partial charge in [-0.15, -0.1) is 0 Å². The Hall–Kier alpha value is -1.96. The van der Waals surface area contributed by atoms with Crippen molar-refractivity contribution in [1.29, 1.82) is 0 Å². The number of aromatic nitrogens is 1. The molecule has 2 aromatic rings. The highest BCUT2D eigenvalue weighted by molar-refractivity contribution is 8.26. The number of pyridine rings is 1. The van der Waals surface area contributed by atoms with Crippen LogP contribution < -0.4 is 4.90 Å². The number of anilines is 1. The Morgan fingerprint density at radius 3 is 2.86 bits per heavy atom. The molecule has 28 heavy (non-hydrogen) atoms. The lowest BCUT2D eigenvalue weighted by Crippen LogP contribution is -2.37. The number of amides is 1. The van der Waals surface area contributed by atoms with E-state index in [0.29, 0.717) is 29.0 Å². The van der Waals surface area contributed by atoms with Gasteiger partial charge in [0.1, 0.15) is 10.1 Å². The minimum absolute atomic E-state index is 0.00420. The zero-order chi connectivity index (χ0) is 19.5. The van der Waals surface area contributed by atoms with Gasteiger partial charge in [0.25, 0.3) is 5.91 Å². The average Bonchev–Trinajstić information content (AvgIpc) is 2.99. The first kappa shape index (κ1) is 19.4. The molecule has 1 amide bonds. The molecular weight excluding hydrogens is 390 g/mol. The number of nitrogens with zero attached hydrogens (tertiary/aromatic N) is 3. The lowest BCUT2D eigenvalue weighted by molar-refractivity contribution is -0.122. The molecular formula is C21H23N3O2S2. The van der Waals surface area contributed by atoms with Gasteiger partial charge in [-0.3, -0.25) is 9.69 Å². The van der Waals surface area contributed by atoms with Crippen molar-refractivity contribution in [2.75, 3.05) is 37.7 Å². The predicted octanol–water partition coefficient (Wildman–Crippen LogP) is 4.07. The number of fused-ring (bicyclic) bond motifs is 1. The maximum absolute atomic E-state index is 12.9. The molecule has 0 aliphatic carbocycles. The van der Waals surface area contributed by atoms with E-state index in [4.69, 9.17) is 21.9 Å². The van der Waals surface area contributed by atoms with E-state index in [9.17, 15) is 4.79 Å². The molecule has 2 aliphatic rings. The summed E-state index contributed by atoms with van der Waals surface area (Å²) in [4.78, 5) is 22.4. The number of thiocarbonyl (C=S) groups is 1. The first-order valence-corrected chi connectivity index (χ1v) is 10.9. The number of morpholine rings is 1. The minimum Gasteiger partial charge on any atom is -0.378 e. The third-order valence-corrected chi connectivity index (χ3v) is 6.32. The van der Waals surface area contributed by atoms with E-state index in [0.717, 1.165) is 48.2 Å². The zero-order valence-electron chi connectivity index (χ0n) is 15.9. The van der Waals surface area contributed by atoms with Gasteiger partial charge in [-0.25, -0.2) is 4.98 Å². The van der Waals surface area contributed by atoms with Crippen molar-refractivity contribution >= 4 is 57.0 Å². The summed E-state index contributed by atoms with van der Waals surface area (Å²) in [6.07, 6.45) is 3.94. The fraction of sp³-hybridized carbons (Fsp3) is 0.381. The Labute approximate surface area is 174 Å². The second-order valence-corrected chi connectivity index (χ2v) is 8.56. The van der Waals surface area contributed by atoms with Crippen molar-refractivity contribution in [2.24, 2.45) is 0 Å². The molecule has 0 bridgehead atoms. The predicted molar refractivity (Wildman–Crippen MR) is 120 cm³/mol. The summed E-state index contributed by atoms with van der Waals surface area (Å²) in [6, 6.07) is 10.2. The Morgan fingerprint density at radius 2 is 2.07 bits per heavy atom. The first-order chi connectivity index (χ1) is 13.7. The quantitative estimate of drug-likeness (QED) is 0.544. The maximum Gasteiger partial charge on any atom is 0.266 e. The van der Waals surface area contributed by atoms with Crippen molar-refractivity contribution in [3.05, 3.63) is 40.8 Å². The normalized spacial score (nSPS) is 19.2. The van der Waals surface area contributed by atoms with Crippen molar-refractivity contribution < 1.29 is 9.53 Å². The molecule has 146 valence electrons. The summed E-state index contributed by atoms with van der Waals surface area (Å²) in [5.74, 6) is 0.908. The Bertz CT molecular complexity index is 938. The number of para-hydroxylation sites is 1. The third-order valence-electron chi connectivity index (χ3n) is 4.94. The number of unbranched alkanes of at least 4 members (excludes halogenated alkanes) is 1. The second kappa shape index (κ2) is 8.59. The molecule has 5 nitrogen and oxygen atoms in total. The summed E-state index contributed by atoms with van der Waals surface area (Å²) >= 11 is 6.83. The minimum atomic E-state index is 0.00420. The molecule has 0 radical (unpaired) electrons. The van der Waals surface area contributed by atoms with Crippen LogP contribution in [0.5, 0.6) is 0 Å². The van der Waals surface area contributed by atoms with Crippen molar-refractivity contribution in [2.45, 2.75) is 19.8 Å². The molecule has 7 heteroatoms. The van der Waals surface area contributed by atoms with Crippen molar-refractivity contribution in [1.82, 2.24) is 9.88 Å². The molecule has 1 aromatic carbocycles. The molecule has 0 atom stereocenters. The maximum atomic E-state index is 12.9. The van der Waals surface area contributed by atoms with Gasteiger partial charge in [-0.05, 0) is 24.6 Å². The van der Waals surface area contributed by atoms with E-state index in [1.54, 1.807) is 4.90 Å². The Morgan fingerprint density at radius 1 is 1.29 bits per heavy atom. The monoisotopic (exact) mass is 413 g/mol.